The van der Waals surface area contributed by atoms with Gasteiger partial charge in [-0.2, -0.15) is 0 Å². The molecule has 0 saturated heterocycles. The van der Waals surface area contributed by atoms with Gasteiger partial charge in [0.15, 0.2) is 5.75 Å². The van der Waals surface area contributed by atoms with Crippen molar-refractivity contribution in [1.29, 1.82) is 5.41 Å². The molecule has 0 fully saturated rings. The van der Waals surface area contributed by atoms with Gasteiger partial charge in [0, 0.05) is 11.7 Å². The van der Waals surface area contributed by atoms with Gasteiger partial charge in [0.05, 0.1) is 0 Å². The number of nitrogens with one attached hydrogen (secondary N) is 1. The van der Waals surface area contributed by atoms with Gasteiger partial charge in [0.1, 0.15) is 5.84 Å². The first-order valence-corrected chi connectivity index (χ1v) is 4.09. The van der Waals surface area contributed by atoms with Crippen molar-refractivity contribution in [2.24, 2.45) is 10.4 Å². The molecule has 0 aromatic heterocycles. The van der Waals surface area contributed by atoms with Gasteiger partial charge in [-0.05, 0) is 18.1 Å². The Morgan fingerprint density at radius 2 is 2.08 bits per heavy atom. The minimum atomic E-state index is 0.259. The van der Waals surface area contributed by atoms with Gasteiger partial charge in [-0.1, -0.05) is 18.2 Å². The van der Waals surface area contributed by atoms with E-state index in [0.717, 1.165) is 17.7 Å². The number of nitrogens with zero attached hydrogens (tertiary/aromatic N) is 2. The molecule has 0 saturated carbocycles. The summed E-state index contributed by atoms with van der Waals surface area (Å²) in [6.07, 6.45) is 1.40. The van der Waals surface area contributed by atoms with Crippen LogP contribution in [-0.4, -0.2) is 5.84 Å². The van der Waals surface area contributed by atoms with Gasteiger partial charge in [0.25, 0.3) is 0 Å². The highest BCUT2D eigenvalue weighted by Gasteiger charge is 2.07. The van der Waals surface area contributed by atoms with Crippen LogP contribution in [0.1, 0.15) is 12.0 Å². The zero-order valence-corrected chi connectivity index (χ0v) is 7.03. The Balaban J connectivity index is 2.33. The monoisotopic (exact) mass is 175 g/mol. The topological polar surface area (TPSA) is 57.8 Å². The molecule has 1 heterocycles. The van der Waals surface area contributed by atoms with E-state index < -0.39 is 0 Å². The van der Waals surface area contributed by atoms with Crippen molar-refractivity contribution >= 4 is 5.84 Å². The molecule has 1 N–H and O–H groups in total. The van der Waals surface area contributed by atoms with Crippen molar-refractivity contribution < 1.29 is 4.84 Å². The van der Waals surface area contributed by atoms with Crippen molar-refractivity contribution in [3.63, 3.8) is 0 Å². The Hall–Kier alpha value is -1.71. The molecule has 0 bridgehead atoms. The van der Waals surface area contributed by atoms with E-state index in [1.165, 1.54) is 0 Å². The number of amidine groups is 1. The molecule has 4 nitrogen and oxygen atoms in total. The maximum Gasteiger partial charge on any atom is 0.163 e. The van der Waals surface area contributed by atoms with E-state index >= 15 is 0 Å². The molecule has 1 aromatic rings. The zero-order chi connectivity index (χ0) is 9.10. The van der Waals surface area contributed by atoms with Crippen molar-refractivity contribution in [1.82, 2.24) is 0 Å². The van der Waals surface area contributed by atoms with Crippen LogP contribution in [0.2, 0.25) is 0 Å². The van der Waals surface area contributed by atoms with Gasteiger partial charge in [-0.25, -0.2) is 0 Å². The second-order valence-electron chi connectivity index (χ2n) is 2.83. The van der Waals surface area contributed by atoms with Crippen LogP contribution < -0.4 is 4.84 Å². The molecular weight excluding hydrogens is 166 g/mol. The number of benzene rings is 1. The first-order chi connectivity index (χ1) is 6.36. The SMILES string of the molecule is N=C1CCc2ccccc2ON=N1. The van der Waals surface area contributed by atoms with E-state index in [-0.39, 0.29) is 5.84 Å². The van der Waals surface area contributed by atoms with Crippen LogP contribution in [0.3, 0.4) is 0 Å². The molecule has 0 spiro atoms. The molecule has 2 rings (SSSR count). The molecule has 1 aliphatic rings. The molecule has 0 amide bonds. The van der Waals surface area contributed by atoms with Crippen molar-refractivity contribution in [2.45, 2.75) is 12.8 Å². The summed E-state index contributed by atoms with van der Waals surface area (Å²) < 4.78 is 0. The lowest BCUT2D eigenvalue weighted by molar-refractivity contribution is 0.308. The Morgan fingerprint density at radius 1 is 1.23 bits per heavy atom. The summed E-state index contributed by atoms with van der Waals surface area (Å²) in [7, 11) is 0. The molecule has 66 valence electrons. The first-order valence-electron chi connectivity index (χ1n) is 4.09. The Labute approximate surface area is 75.7 Å². The summed E-state index contributed by atoms with van der Waals surface area (Å²) >= 11 is 0. The molecule has 0 aliphatic carbocycles. The Morgan fingerprint density at radius 3 is 3.00 bits per heavy atom. The zero-order valence-electron chi connectivity index (χ0n) is 7.03. The van der Waals surface area contributed by atoms with E-state index in [9.17, 15) is 0 Å². The fraction of sp³-hybridized carbons (Fsp3) is 0.222. The van der Waals surface area contributed by atoms with Gasteiger partial charge in [-0.15, -0.1) is 5.11 Å². The summed E-state index contributed by atoms with van der Waals surface area (Å²) in [5, 5.41) is 14.3. The predicted octanol–water partition coefficient (Wildman–Crippen LogP) is 2.36. The lowest BCUT2D eigenvalue weighted by Crippen LogP contribution is -2.01. The number of hydrogen-bond acceptors (Lipinski definition) is 3. The number of aryl methyl sites for hydroxylation is 1. The van der Waals surface area contributed by atoms with E-state index in [4.69, 9.17) is 10.2 Å². The van der Waals surface area contributed by atoms with E-state index in [1.807, 2.05) is 24.3 Å². The van der Waals surface area contributed by atoms with Crippen molar-refractivity contribution in [3.8, 4) is 5.75 Å². The highest BCUT2D eigenvalue weighted by Crippen LogP contribution is 2.21. The van der Waals surface area contributed by atoms with Crippen LogP contribution in [0.15, 0.2) is 34.7 Å². The molecule has 13 heavy (non-hydrogen) atoms. The number of fused-ring (bicyclic) bond motifs is 1. The van der Waals surface area contributed by atoms with Gasteiger partial charge in [-0.3, -0.25) is 5.41 Å². The van der Waals surface area contributed by atoms with Crippen LogP contribution in [0, 0.1) is 5.41 Å². The molecule has 0 atom stereocenters. The van der Waals surface area contributed by atoms with Crippen LogP contribution in [-0.2, 0) is 6.42 Å². The van der Waals surface area contributed by atoms with E-state index in [0.29, 0.717) is 6.42 Å². The minimum Gasteiger partial charge on any atom is -0.339 e. The van der Waals surface area contributed by atoms with Gasteiger partial charge in [0.2, 0.25) is 0 Å². The Kier molecular flexibility index (Phi) is 2.04. The second-order valence-corrected chi connectivity index (χ2v) is 2.83. The molecule has 1 aliphatic heterocycles. The lowest BCUT2D eigenvalue weighted by atomic mass is 10.1. The average Bonchev–Trinajstić information content (AvgIpc) is 2.13. The largest absolute Gasteiger partial charge is 0.339 e. The van der Waals surface area contributed by atoms with Crippen LogP contribution in [0.25, 0.3) is 0 Å². The standard InChI is InChI=1S/C9H9N3O/c10-9-6-5-7-3-1-2-4-8(7)13-12-11-9/h1-4,10H,5-6H2. The highest BCUT2D eigenvalue weighted by molar-refractivity contribution is 5.79. The normalized spacial score (nSPS) is 15.5. The molecular formula is C9H9N3O. The van der Waals surface area contributed by atoms with Crippen molar-refractivity contribution in [3.05, 3.63) is 29.8 Å². The second kappa shape index (κ2) is 3.35. The molecule has 0 radical (unpaired) electrons. The lowest BCUT2D eigenvalue weighted by Gasteiger charge is -2.07. The van der Waals surface area contributed by atoms with E-state index in [1.54, 1.807) is 0 Å². The summed E-state index contributed by atoms with van der Waals surface area (Å²) in [5.74, 6) is 0.994. The molecule has 4 heteroatoms. The number of rotatable bonds is 0. The molecule has 1 aromatic carbocycles. The third-order valence-electron chi connectivity index (χ3n) is 1.90. The van der Waals surface area contributed by atoms with Gasteiger partial charge >= 0.3 is 0 Å². The quantitative estimate of drug-likeness (QED) is 0.646. The third-order valence-corrected chi connectivity index (χ3v) is 1.90. The maximum absolute atomic E-state index is 7.33. The predicted molar refractivity (Wildman–Crippen MR) is 48.0 cm³/mol. The maximum atomic E-state index is 7.33. The summed E-state index contributed by atoms with van der Waals surface area (Å²) in [6, 6.07) is 7.67. The van der Waals surface area contributed by atoms with Crippen LogP contribution in [0.4, 0.5) is 0 Å². The fourth-order valence-electron chi connectivity index (χ4n) is 1.22. The summed E-state index contributed by atoms with van der Waals surface area (Å²) in [4.78, 5) is 5.02. The van der Waals surface area contributed by atoms with E-state index in [2.05, 4.69) is 10.4 Å². The Bertz CT molecular complexity index is 360. The summed E-state index contributed by atoms with van der Waals surface area (Å²) in [5.41, 5.74) is 1.07. The third kappa shape index (κ3) is 1.72. The van der Waals surface area contributed by atoms with Crippen LogP contribution >= 0.6 is 0 Å². The van der Waals surface area contributed by atoms with Crippen LogP contribution in [0.5, 0.6) is 5.75 Å². The smallest absolute Gasteiger partial charge is 0.163 e. The number of hydrogen-bond donors (Lipinski definition) is 1. The summed E-state index contributed by atoms with van der Waals surface area (Å²) in [6.45, 7) is 0. The fourth-order valence-corrected chi connectivity index (χ4v) is 1.22. The van der Waals surface area contributed by atoms with Gasteiger partial charge < -0.3 is 4.84 Å². The van der Waals surface area contributed by atoms with Crippen molar-refractivity contribution in [2.75, 3.05) is 0 Å². The first kappa shape index (κ1) is 7.91. The number of para-hydroxylation sites is 1. The average molecular weight is 175 g/mol. The molecule has 0 unspecified atom stereocenters. The highest BCUT2D eigenvalue weighted by atomic mass is 16.6. The minimum absolute atomic E-state index is 0.259.